The van der Waals surface area contributed by atoms with Gasteiger partial charge >= 0.3 is 0 Å². The number of nitrogens with zero attached hydrogens (tertiary/aromatic N) is 1. The van der Waals surface area contributed by atoms with Crippen LogP contribution in [-0.2, 0) is 4.79 Å². The molecule has 1 unspecified atom stereocenters. The van der Waals surface area contributed by atoms with Gasteiger partial charge < -0.3 is 4.90 Å². The van der Waals surface area contributed by atoms with Gasteiger partial charge in [0.25, 0.3) is 0 Å². The number of hydrogen-bond acceptors (Lipinski definition) is 2. The second-order valence-corrected chi connectivity index (χ2v) is 5.76. The van der Waals surface area contributed by atoms with Crippen LogP contribution in [0.25, 0.3) is 0 Å². The SMILES string of the molecule is Cc1ccccc1C1NCC(=O)N1CCCC(C)C. The van der Waals surface area contributed by atoms with Crippen LogP contribution >= 0.6 is 0 Å². The van der Waals surface area contributed by atoms with E-state index >= 15 is 0 Å². The molecule has 0 saturated carbocycles. The molecule has 0 aromatic heterocycles. The zero-order chi connectivity index (χ0) is 13.8. The highest BCUT2D eigenvalue weighted by atomic mass is 16.2. The first kappa shape index (κ1) is 14.1. The van der Waals surface area contributed by atoms with E-state index in [2.05, 4.69) is 38.2 Å². The Labute approximate surface area is 116 Å². The molecule has 1 fully saturated rings. The Balaban J connectivity index is 2.07. The number of nitrogens with one attached hydrogen (secondary N) is 1. The van der Waals surface area contributed by atoms with Crippen LogP contribution in [0, 0.1) is 12.8 Å². The van der Waals surface area contributed by atoms with E-state index in [-0.39, 0.29) is 12.1 Å². The highest BCUT2D eigenvalue weighted by molar-refractivity contribution is 5.81. The molecule has 1 saturated heterocycles. The van der Waals surface area contributed by atoms with Gasteiger partial charge in [-0.25, -0.2) is 0 Å². The number of hydrogen-bond donors (Lipinski definition) is 1. The average molecular weight is 260 g/mol. The largest absolute Gasteiger partial charge is 0.322 e. The molecule has 2 rings (SSSR count). The van der Waals surface area contributed by atoms with Gasteiger partial charge in [0.2, 0.25) is 5.91 Å². The van der Waals surface area contributed by atoms with E-state index in [4.69, 9.17) is 0 Å². The van der Waals surface area contributed by atoms with Gasteiger partial charge in [-0.2, -0.15) is 0 Å². The Morgan fingerprint density at radius 2 is 2.11 bits per heavy atom. The van der Waals surface area contributed by atoms with Gasteiger partial charge in [-0.1, -0.05) is 38.1 Å². The monoisotopic (exact) mass is 260 g/mol. The third-order valence-corrected chi connectivity index (χ3v) is 3.74. The summed E-state index contributed by atoms with van der Waals surface area (Å²) < 4.78 is 0. The fraction of sp³-hybridized carbons (Fsp3) is 0.562. The van der Waals surface area contributed by atoms with Gasteiger partial charge in [0, 0.05) is 6.54 Å². The average Bonchev–Trinajstić information content (AvgIpc) is 2.72. The van der Waals surface area contributed by atoms with Crippen molar-refractivity contribution in [3.63, 3.8) is 0 Å². The molecule has 3 nitrogen and oxygen atoms in total. The van der Waals surface area contributed by atoms with Gasteiger partial charge in [-0.3, -0.25) is 10.1 Å². The zero-order valence-electron chi connectivity index (χ0n) is 12.1. The first-order valence-corrected chi connectivity index (χ1v) is 7.18. The Bertz CT molecular complexity index is 442. The summed E-state index contributed by atoms with van der Waals surface area (Å²) in [5.74, 6) is 0.916. The minimum atomic E-state index is 0.0564. The first-order chi connectivity index (χ1) is 9.09. The fourth-order valence-electron chi connectivity index (χ4n) is 2.63. The van der Waals surface area contributed by atoms with Crippen LogP contribution < -0.4 is 5.32 Å². The van der Waals surface area contributed by atoms with Crippen LogP contribution in [0.3, 0.4) is 0 Å². The standard InChI is InChI=1S/C16H24N2O/c1-12(2)7-6-10-18-15(19)11-17-16(18)14-9-5-4-8-13(14)3/h4-5,8-9,12,16-17H,6-7,10-11H2,1-3H3. The third-order valence-electron chi connectivity index (χ3n) is 3.74. The maximum Gasteiger partial charge on any atom is 0.238 e. The maximum atomic E-state index is 12.0. The second-order valence-electron chi connectivity index (χ2n) is 5.76. The van der Waals surface area contributed by atoms with Gasteiger partial charge in [-0.15, -0.1) is 0 Å². The van der Waals surface area contributed by atoms with E-state index in [1.165, 1.54) is 17.5 Å². The van der Waals surface area contributed by atoms with Crippen LogP contribution in [0.1, 0.15) is 44.0 Å². The molecule has 0 aliphatic carbocycles. The molecule has 0 spiro atoms. The van der Waals surface area contributed by atoms with Crippen molar-refractivity contribution in [2.24, 2.45) is 5.92 Å². The van der Waals surface area contributed by atoms with Gasteiger partial charge in [0.1, 0.15) is 6.17 Å². The second kappa shape index (κ2) is 6.20. The highest BCUT2D eigenvalue weighted by Gasteiger charge is 2.31. The topological polar surface area (TPSA) is 32.3 Å². The van der Waals surface area contributed by atoms with E-state index < -0.39 is 0 Å². The quantitative estimate of drug-likeness (QED) is 0.883. The molecule has 0 radical (unpaired) electrons. The van der Waals surface area contributed by atoms with Gasteiger partial charge in [0.15, 0.2) is 0 Å². The summed E-state index contributed by atoms with van der Waals surface area (Å²) in [5.41, 5.74) is 2.46. The fourth-order valence-corrected chi connectivity index (χ4v) is 2.63. The Morgan fingerprint density at radius 1 is 1.37 bits per heavy atom. The van der Waals surface area contributed by atoms with E-state index in [0.717, 1.165) is 13.0 Å². The molecule has 19 heavy (non-hydrogen) atoms. The summed E-state index contributed by atoms with van der Waals surface area (Å²) in [5, 5.41) is 3.33. The molecule has 1 heterocycles. The van der Waals surface area contributed by atoms with Gasteiger partial charge in [0.05, 0.1) is 6.54 Å². The predicted molar refractivity (Wildman–Crippen MR) is 77.7 cm³/mol. The Kier molecular flexibility index (Phi) is 4.59. The molecule has 3 heteroatoms. The highest BCUT2D eigenvalue weighted by Crippen LogP contribution is 2.25. The normalized spacial score (nSPS) is 19.5. The minimum absolute atomic E-state index is 0.0564. The van der Waals surface area contributed by atoms with E-state index in [1.54, 1.807) is 0 Å². The van der Waals surface area contributed by atoms with Crippen LogP contribution in [0.4, 0.5) is 0 Å². The number of amides is 1. The van der Waals surface area contributed by atoms with Crippen molar-refractivity contribution in [1.82, 2.24) is 10.2 Å². The molecular formula is C16H24N2O. The molecule has 1 amide bonds. The lowest BCUT2D eigenvalue weighted by molar-refractivity contribution is -0.128. The van der Waals surface area contributed by atoms with Crippen molar-refractivity contribution >= 4 is 5.91 Å². The summed E-state index contributed by atoms with van der Waals surface area (Å²) in [4.78, 5) is 14.0. The van der Waals surface area contributed by atoms with E-state index in [0.29, 0.717) is 12.5 Å². The maximum absolute atomic E-state index is 12.0. The predicted octanol–water partition coefficient (Wildman–Crippen LogP) is 2.86. The van der Waals surface area contributed by atoms with Crippen molar-refractivity contribution in [3.05, 3.63) is 35.4 Å². The smallest absolute Gasteiger partial charge is 0.238 e. The van der Waals surface area contributed by atoms with Crippen LogP contribution in [0.2, 0.25) is 0 Å². The molecular weight excluding hydrogens is 236 g/mol. The molecule has 1 aliphatic heterocycles. The summed E-state index contributed by atoms with van der Waals surface area (Å²) in [6, 6.07) is 8.30. The number of carbonyl (C=O) groups excluding carboxylic acids is 1. The van der Waals surface area contributed by atoms with Gasteiger partial charge in [-0.05, 0) is 36.8 Å². The molecule has 1 aliphatic rings. The number of carbonyl (C=O) groups is 1. The van der Waals surface area contributed by atoms with Crippen molar-refractivity contribution in [2.45, 2.75) is 39.8 Å². The summed E-state index contributed by atoms with van der Waals surface area (Å²) in [6.07, 6.45) is 2.30. The molecule has 1 atom stereocenters. The summed E-state index contributed by atoms with van der Waals surface area (Å²) in [7, 11) is 0. The summed E-state index contributed by atoms with van der Waals surface area (Å²) >= 11 is 0. The Morgan fingerprint density at radius 3 is 2.79 bits per heavy atom. The number of rotatable bonds is 5. The number of aryl methyl sites for hydroxylation is 1. The lowest BCUT2D eigenvalue weighted by Gasteiger charge is -2.26. The summed E-state index contributed by atoms with van der Waals surface area (Å²) in [6.45, 7) is 7.86. The van der Waals surface area contributed by atoms with Crippen LogP contribution in [0.5, 0.6) is 0 Å². The van der Waals surface area contributed by atoms with Crippen molar-refractivity contribution in [3.8, 4) is 0 Å². The molecule has 0 bridgehead atoms. The lowest BCUT2D eigenvalue weighted by Crippen LogP contribution is -2.31. The molecule has 1 aromatic carbocycles. The number of benzene rings is 1. The van der Waals surface area contributed by atoms with E-state index in [9.17, 15) is 4.79 Å². The lowest BCUT2D eigenvalue weighted by atomic mass is 10.0. The third kappa shape index (κ3) is 3.35. The van der Waals surface area contributed by atoms with Crippen LogP contribution in [-0.4, -0.2) is 23.9 Å². The minimum Gasteiger partial charge on any atom is -0.322 e. The molecule has 1 N–H and O–H groups in total. The zero-order valence-corrected chi connectivity index (χ0v) is 12.1. The first-order valence-electron chi connectivity index (χ1n) is 7.18. The Hall–Kier alpha value is -1.35. The van der Waals surface area contributed by atoms with E-state index in [1.807, 2.05) is 17.0 Å². The van der Waals surface area contributed by atoms with Crippen LogP contribution in [0.15, 0.2) is 24.3 Å². The van der Waals surface area contributed by atoms with Crippen molar-refractivity contribution in [1.29, 1.82) is 0 Å². The molecule has 104 valence electrons. The molecule has 1 aromatic rings. The van der Waals surface area contributed by atoms with Crippen molar-refractivity contribution < 1.29 is 4.79 Å². The van der Waals surface area contributed by atoms with Crippen molar-refractivity contribution in [2.75, 3.05) is 13.1 Å².